The van der Waals surface area contributed by atoms with E-state index >= 15 is 0 Å². The van der Waals surface area contributed by atoms with Gasteiger partial charge < -0.3 is 0 Å². The van der Waals surface area contributed by atoms with E-state index in [2.05, 4.69) is 28.1 Å². The van der Waals surface area contributed by atoms with Crippen LogP contribution in [0.25, 0.3) is 0 Å². The lowest BCUT2D eigenvalue weighted by Gasteiger charge is -2.14. The minimum Gasteiger partial charge on any atom is -0.299 e. The molecule has 0 radical (unpaired) electrons. The molecule has 0 saturated heterocycles. The van der Waals surface area contributed by atoms with Crippen molar-refractivity contribution in [1.82, 2.24) is 4.90 Å². The second kappa shape index (κ2) is 5.27. The Morgan fingerprint density at radius 2 is 1.93 bits per heavy atom. The summed E-state index contributed by atoms with van der Waals surface area (Å²) in [5, 5.41) is 0. The van der Waals surface area contributed by atoms with Crippen molar-refractivity contribution >= 4 is 21.7 Å². The lowest BCUT2D eigenvalue weighted by molar-refractivity contribution is -0.117. The zero-order valence-electron chi connectivity index (χ0n) is 8.46. The molecule has 0 fully saturated rings. The van der Waals surface area contributed by atoms with E-state index in [9.17, 15) is 4.79 Å². The number of rotatable bonds is 4. The van der Waals surface area contributed by atoms with Crippen molar-refractivity contribution < 1.29 is 4.79 Å². The van der Waals surface area contributed by atoms with Crippen LogP contribution in [0, 0.1) is 0 Å². The minimum absolute atomic E-state index is 0.199. The monoisotopic (exact) mass is 255 g/mol. The summed E-state index contributed by atoms with van der Waals surface area (Å²) in [7, 11) is 1.95. The summed E-state index contributed by atoms with van der Waals surface area (Å²) < 4.78 is 1.08. The van der Waals surface area contributed by atoms with E-state index in [0.29, 0.717) is 6.54 Å². The molecule has 1 rings (SSSR count). The molecule has 0 N–H and O–H groups in total. The van der Waals surface area contributed by atoms with Gasteiger partial charge in [0.1, 0.15) is 5.78 Å². The highest BCUT2D eigenvalue weighted by molar-refractivity contribution is 9.10. The summed E-state index contributed by atoms with van der Waals surface area (Å²) >= 11 is 3.38. The second-order valence-electron chi connectivity index (χ2n) is 3.50. The number of hydrogen-bond acceptors (Lipinski definition) is 2. The summed E-state index contributed by atoms with van der Waals surface area (Å²) in [4.78, 5) is 12.9. The minimum atomic E-state index is 0.199. The van der Waals surface area contributed by atoms with Crippen LogP contribution in [0.3, 0.4) is 0 Å². The summed E-state index contributed by atoms with van der Waals surface area (Å²) in [6.07, 6.45) is 0. The van der Waals surface area contributed by atoms with Crippen LogP contribution in [0.2, 0.25) is 0 Å². The van der Waals surface area contributed by atoms with Crippen LogP contribution in [-0.2, 0) is 11.3 Å². The fourth-order valence-corrected chi connectivity index (χ4v) is 1.60. The van der Waals surface area contributed by atoms with Crippen molar-refractivity contribution in [3.63, 3.8) is 0 Å². The molecule has 0 bridgehead atoms. The maximum Gasteiger partial charge on any atom is 0.143 e. The summed E-state index contributed by atoms with van der Waals surface area (Å²) in [5.74, 6) is 0.199. The molecular formula is C11H14BrNO. The highest BCUT2D eigenvalue weighted by Crippen LogP contribution is 2.11. The number of Topliss-reactive ketones (excluding diaryl/α,β-unsaturated/α-hetero) is 1. The van der Waals surface area contributed by atoms with Crippen molar-refractivity contribution in [3.05, 3.63) is 34.3 Å². The molecule has 0 aliphatic rings. The average Bonchev–Trinajstić information content (AvgIpc) is 2.07. The molecule has 1 aromatic carbocycles. The van der Waals surface area contributed by atoms with Crippen LogP contribution in [0.15, 0.2) is 28.7 Å². The van der Waals surface area contributed by atoms with Crippen molar-refractivity contribution in [2.45, 2.75) is 13.5 Å². The van der Waals surface area contributed by atoms with Gasteiger partial charge in [-0.3, -0.25) is 9.69 Å². The van der Waals surface area contributed by atoms with Gasteiger partial charge in [0.15, 0.2) is 0 Å². The molecule has 1 aromatic rings. The molecular weight excluding hydrogens is 242 g/mol. The Bertz CT molecular complexity index is 308. The normalized spacial score (nSPS) is 10.6. The Hall–Kier alpha value is -0.670. The van der Waals surface area contributed by atoms with Gasteiger partial charge in [-0.05, 0) is 31.7 Å². The number of benzene rings is 1. The topological polar surface area (TPSA) is 20.3 Å². The number of nitrogens with zero attached hydrogens (tertiary/aromatic N) is 1. The molecule has 0 aliphatic carbocycles. The maximum atomic E-state index is 10.8. The van der Waals surface area contributed by atoms with Crippen molar-refractivity contribution in [3.8, 4) is 0 Å². The van der Waals surface area contributed by atoms with E-state index in [1.807, 2.05) is 24.1 Å². The summed E-state index contributed by atoms with van der Waals surface area (Å²) in [6, 6.07) is 8.13. The fraction of sp³-hybridized carbons (Fsp3) is 0.364. The molecule has 0 amide bonds. The molecule has 14 heavy (non-hydrogen) atoms. The van der Waals surface area contributed by atoms with Gasteiger partial charge in [-0.25, -0.2) is 0 Å². The van der Waals surface area contributed by atoms with E-state index in [4.69, 9.17) is 0 Å². The van der Waals surface area contributed by atoms with Crippen LogP contribution >= 0.6 is 15.9 Å². The van der Waals surface area contributed by atoms with Crippen LogP contribution in [-0.4, -0.2) is 24.3 Å². The fourth-order valence-electron chi connectivity index (χ4n) is 1.34. The molecule has 0 heterocycles. The Labute approximate surface area is 93.0 Å². The Morgan fingerprint density at radius 1 is 1.36 bits per heavy atom. The van der Waals surface area contributed by atoms with Crippen LogP contribution in [0.4, 0.5) is 0 Å². The third-order valence-corrected chi connectivity index (χ3v) is 2.39. The van der Waals surface area contributed by atoms with Crippen LogP contribution < -0.4 is 0 Å². The Morgan fingerprint density at radius 3 is 2.43 bits per heavy atom. The Kier molecular flexibility index (Phi) is 4.29. The number of hydrogen-bond donors (Lipinski definition) is 0. The van der Waals surface area contributed by atoms with Gasteiger partial charge in [0.2, 0.25) is 0 Å². The van der Waals surface area contributed by atoms with E-state index in [0.717, 1.165) is 11.0 Å². The van der Waals surface area contributed by atoms with E-state index in [1.165, 1.54) is 5.56 Å². The molecule has 0 aromatic heterocycles. The quantitative estimate of drug-likeness (QED) is 0.824. The molecule has 76 valence electrons. The predicted molar refractivity (Wildman–Crippen MR) is 61.2 cm³/mol. The summed E-state index contributed by atoms with van der Waals surface area (Å²) in [6.45, 7) is 2.93. The smallest absolute Gasteiger partial charge is 0.143 e. The van der Waals surface area contributed by atoms with Crippen LogP contribution in [0.1, 0.15) is 12.5 Å². The van der Waals surface area contributed by atoms with Crippen molar-refractivity contribution in [2.75, 3.05) is 13.6 Å². The number of carbonyl (C=O) groups excluding carboxylic acids is 1. The zero-order valence-corrected chi connectivity index (χ0v) is 10.0. The Balaban J connectivity index is 2.51. The average molecular weight is 256 g/mol. The first-order chi connectivity index (χ1) is 6.58. The highest BCUT2D eigenvalue weighted by Gasteiger charge is 2.02. The first kappa shape index (κ1) is 11.4. The van der Waals surface area contributed by atoms with Gasteiger partial charge in [-0.2, -0.15) is 0 Å². The molecule has 0 unspecified atom stereocenters. The lowest BCUT2D eigenvalue weighted by atomic mass is 10.2. The van der Waals surface area contributed by atoms with Gasteiger partial charge in [-0.15, -0.1) is 0 Å². The van der Waals surface area contributed by atoms with Crippen molar-refractivity contribution in [1.29, 1.82) is 0 Å². The zero-order chi connectivity index (χ0) is 10.6. The highest BCUT2D eigenvalue weighted by atomic mass is 79.9. The third kappa shape index (κ3) is 4.03. The first-order valence-electron chi connectivity index (χ1n) is 4.50. The lowest BCUT2D eigenvalue weighted by Crippen LogP contribution is -2.23. The third-order valence-electron chi connectivity index (χ3n) is 1.86. The molecule has 0 saturated carbocycles. The molecule has 3 heteroatoms. The first-order valence-corrected chi connectivity index (χ1v) is 5.29. The van der Waals surface area contributed by atoms with Gasteiger partial charge in [-0.1, -0.05) is 28.1 Å². The molecule has 0 atom stereocenters. The van der Waals surface area contributed by atoms with Crippen LogP contribution in [0.5, 0.6) is 0 Å². The largest absolute Gasteiger partial charge is 0.299 e. The maximum absolute atomic E-state index is 10.8. The SMILES string of the molecule is CC(=O)CN(C)Cc1ccc(Br)cc1. The van der Waals surface area contributed by atoms with Gasteiger partial charge in [0.25, 0.3) is 0 Å². The number of ketones is 1. The predicted octanol–water partition coefficient (Wildman–Crippen LogP) is 2.47. The van der Waals surface area contributed by atoms with Gasteiger partial charge >= 0.3 is 0 Å². The van der Waals surface area contributed by atoms with E-state index in [1.54, 1.807) is 6.92 Å². The van der Waals surface area contributed by atoms with Crippen molar-refractivity contribution in [2.24, 2.45) is 0 Å². The molecule has 2 nitrogen and oxygen atoms in total. The molecule has 0 aliphatic heterocycles. The second-order valence-corrected chi connectivity index (χ2v) is 4.42. The van der Waals surface area contributed by atoms with Gasteiger partial charge in [0, 0.05) is 11.0 Å². The number of likely N-dealkylation sites (N-methyl/N-ethyl adjacent to an activating group) is 1. The standard InChI is InChI=1S/C11H14BrNO/c1-9(14)7-13(2)8-10-3-5-11(12)6-4-10/h3-6H,7-8H2,1-2H3. The number of carbonyl (C=O) groups is 1. The number of halogens is 1. The summed E-state index contributed by atoms with van der Waals surface area (Å²) in [5.41, 5.74) is 1.22. The molecule has 0 spiro atoms. The van der Waals surface area contributed by atoms with E-state index in [-0.39, 0.29) is 5.78 Å². The van der Waals surface area contributed by atoms with E-state index < -0.39 is 0 Å². The van der Waals surface area contributed by atoms with Gasteiger partial charge in [0.05, 0.1) is 6.54 Å².